The van der Waals surface area contributed by atoms with Gasteiger partial charge < -0.3 is 10.1 Å². The molecule has 0 amide bonds. The second-order valence-electron chi connectivity index (χ2n) is 5.18. The van der Waals surface area contributed by atoms with Crippen LogP contribution >= 0.6 is 0 Å². The molecule has 5 heteroatoms. The summed E-state index contributed by atoms with van der Waals surface area (Å²) in [7, 11) is -2.93. The Bertz CT molecular complexity index is 480. The Morgan fingerprint density at radius 2 is 1.74 bits per heavy atom. The molecule has 0 saturated carbocycles. The molecule has 1 rings (SSSR count). The highest BCUT2D eigenvalue weighted by atomic mass is 32.2. The average Bonchev–Trinajstić information content (AvgIpc) is 2.25. The third kappa shape index (κ3) is 7.18. The summed E-state index contributed by atoms with van der Waals surface area (Å²) in [5.41, 5.74) is 1.11. The van der Waals surface area contributed by atoms with Crippen molar-refractivity contribution in [3.05, 3.63) is 29.8 Å². The maximum atomic E-state index is 11.1. The summed E-state index contributed by atoms with van der Waals surface area (Å²) < 4.78 is 27.8. The molecule has 1 aromatic rings. The van der Waals surface area contributed by atoms with E-state index in [0.29, 0.717) is 6.54 Å². The summed E-state index contributed by atoms with van der Waals surface area (Å²) >= 11 is 0. The van der Waals surface area contributed by atoms with Crippen LogP contribution in [0.4, 0.5) is 0 Å². The average molecular weight is 285 g/mol. The molecule has 1 unspecified atom stereocenters. The lowest BCUT2D eigenvalue weighted by Gasteiger charge is -2.13. The van der Waals surface area contributed by atoms with Crippen LogP contribution in [-0.4, -0.2) is 32.6 Å². The third-order valence-electron chi connectivity index (χ3n) is 2.50. The molecule has 1 atom stereocenters. The zero-order valence-electron chi connectivity index (χ0n) is 12.0. The molecule has 4 nitrogen and oxygen atoms in total. The fourth-order valence-electron chi connectivity index (χ4n) is 1.76. The minimum Gasteiger partial charge on any atom is -0.491 e. The molecule has 0 radical (unpaired) electrons. The van der Waals surface area contributed by atoms with Crippen LogP contribution in [0.1, 0.15) is 26.3 Å². The Balaban J connectivity index is 2.45. The maximum Gasteiger partial charge on any atom is 0.148 e. The van der Waals surface area contributed by atoms with E-state index in [2.05, 4.69) is 5.32 Å². The van der Waals surface area contributed by atoms with E-state index in [1.165, 1.54) is 6.26 Å². The van der Waals surface area contributed by atoms with Gasteiger partial charge in [-0.1, -0.05) is 12.1 Å². The summed E-state index contributed by atoms with van der Waals surface area (Å²) in [4.78, 5) is 0. The first-order valence-corrected chi connectivity index (χ1v) is 8.49. The Morgan fingerprint density at radius 1 is 1.16 bits per heavy atom. The molecule has 108 valence electrons. The van der Waals surface area contributed by atoms with Crippen molar-refractivity contribution < 1.29 is 13.2 Å². The molecular formula is C14H23NO3S. The molecule has 1 aromatic carbocycles. The van der Waals surface area contributed by atoms with Gasteiger partial charge in [0.15, 0.2) is 0 Å². The molecule has 19 heavy (non-hydrogen) atoms. The smallest absolute Gasteiger partial charge is 0.148 e. The molecule has 0 spiro atoms. The van der Waals surface area contributed by atoms with Crippen molar-refractivity contribution in [3.8, 4) is 5.75 Å². The van der Waals surface area contributed by atoms with Crippen LogP contribution in [0.5, 0.6) is 5.75 Å². The van der Waals surface area contributed by atoms with Crippen molar-refractivity contribution in [2.75, 3.05) is 12.0 Å². The van der Waals surface area contributed by atoms with Gasteiger partial charge in [0.25, 0.3) is 0 Å². The number of sulfone groups is 1. The minimum absolute atomic E-state index is 0.0541. The van der Waals surface area contributed by atoms with Gasteiger partial charge in [0.05, 0.1) is 11.9 Å². The second-order valence-corrected chi connectivity index (χ2v) is 7.37. The van der Waals surface area contributed by atoms with Crippen LogP contribution in [0.15, 0.2) is 24.3 Å². The van der Waals surface area contributed by atoms with E-state index in [9.17, 15) is 8.42 Å². The highest BCUT2D eigenvalue weighted by Crippen LogP contribution is 2.13. The number of rotatable bonds is 7. The molecule has 0 aromatic heterocycles. The molecule has 0 aliphatic heterocycles. The standard InChI is InChI=1S/C14H23NO3S/c1-11(2)18-14-7-5-13(6-8-14)9-15-12(3)10-19(4,16)17/h5-8,11-12,15H,9-10H2,1-4H3. The van der Waals surface area contributed by atoms with E-state index < -0.39 is 9.84 Å². The summed E-state index contributed by atoms with van der Waals surface area (Å²) in [5.74, 6) is 1.00. The maximum absolute atomic E-state index is 11.1. The van der Waals surface area contributed by atoms with Crippen LogP contribution in [0.3, 0.4) is 0 Å². The van der Waals surface area contributed by atoms with Crippen molar-refractivity contribution in [1.29, 1.82) is 0 Å². The van der Waals surface area contributed by atoms with Crippen molar-refractivity contribution in [3.63, 3.8) is 0 Å². The quantitative estimate of drug-likeness (QED) is 0.832. The van der Waals surface area contributed by atoms with Crippen molar-refractivity contribution in [2.24, 2.45) is 0 Å². The van der Waals surface area contributed by atoms with Gasteiger partial charge in [0, 0.05) is 18.8 Å². The Kier molecular flexibility index (Phi) is 5.82. The van der Waals surface area contributed by atoms with E-state index in [0.717, 1.165) is 11.3 Å². The highest BCUT2D eigenvalue weighted by Gasteiger charge is 2.09. The molecule has 0 aliphatic rings. The number of hydrogen-bond acceptors (Lipinski definition) is 4. The largest absolute Gasteiger partial charge is 0.491 e. The van der Waals surface area contributed by atoms with Gasteiger partial charge in [-0.2, -0.15) is 0 Å². The number of nitrogens with one attached hydrogen (secondary N) is 1. The SMILES string of the molecule is CC(CS(C)(=O)=O)NCc1ccc(OC(C)C)cc1. The van der Waals surface area contributed by atoms with Crippen LogP contribution < -0.4 is 10.1 Å². The van der Waals surface area contributed by atoms with Gasteiger partial charge in [-0.05, 0) is 38.5 Å². The predicted octanol–water partition coefficient (Wildman–Crippen LogP) is 2.00. The number of hydrogen-bond donors (Lipinski definition) is 1. The van der Waals surface area contributed by atoms with Crippen LogP contribution in [-0.2, 0) is 16.4 Å². The third-order valence-corrected chi connectivity index (χ3v) is 3.61. The zero-order chi connectivity index (χ0) is 14.5. The minimum atomic E-state index is -2.93. The lowest BCUT2D eigenvalue weighted by molar-refractivity contribution is 0.242. The fraction of sp³-hybridized carbons (Fsp3) is 0.571. The van der Waals surface area contributed by atoms with Crippen molar-refractivity contribution in [2.45, 2.75) is 39.5 Å². The summed E-state index contributed by atoms with van der Waals surface area (Å²) in [6, 6.07) is 7.77. The van der Waals surface area contributed by atoms with Gasteiger partial charge in [-0.25, -0.2) is 8.42 Å². The van der Waals surface area contributed by atoms with E-state index in [1.54, 1.807) is 0 Å². The lowest BCUT2D eigenvalue weighted by atomic mass is 10.2. The fourth-order valence-corrected chi connectivity index (χ4v) is 2.79. The molecule has 0 saturated heterocycles. The second kappa shape index (κ2) is 6.91. The molecule has 0 aliphatic carbocycles. The normalized spacial score (nSPS) is 13.5. The van der Waals surface area contributed by atoms with Crippen LogP contribution in [0, 0.1) is 0 Å². The molecule has 1 N–H and O–H groups in total. The summed E-state index contributed by atoms with van der Waals surface area (Å²) in [5, 5.41) is 3.20. The van der Waals surface area contributed by atoms with Crippen molar-refractivity contribution >= 4 is 9.84 Å². The molecular weight excluding hydrogens is 262 g/mol. The number of ether oxygens (including phenoxy) is 1. The first kappa shape index (κ1) is 16.0. The van der Waals surface area contributed by atoms with Gasteiger partial charge in [-0.15, -0.1) is 0 Å². The number of benzene rings is 1. The topological polar surface area (TPSA) is 55.4 Å². The van der Waals surface area contributed by atoms with Gasteiger partial charge in [0.1, 0.15) is 15.6 Å². The first-order valence-electron chi connectivity index (χ1n) is 6.43. The first-order chi connectivity index (χ1) is 8.76. The lowest BCUT2D eigenvalue weighted by Crippen LogP contribution is -2.32. The Hall–Kier alpha value is -1.07. The monoisotopic (exact) mass is 285 g/mol. The molecule has 0 fully saturated rings. The van der Waals surface area contributed by atoms with Crippen LogP contribution in [0.2, 0.25) is 0 Å². The van der Waals surface area contributed by atoms with E-state index in [4.69, 9.17) is 4.74 Å². The summed E-state index contributed by atoms with van der Waals surface area (Å²) in [6.07, 6.45) is 1.42. The van der Waals surface area contributed by atoms with E-state index >= 15 is 0 Å². The predicted molar refractivity (Wildman–Crippen MR) is 78.2 cm³/mol. The van der Waals surface area contributed by atoms with E-state index in [1.807, 2.05) is 45.0 Å². The highest BCUT2D eigenvalue weighted by molar-refractivity contribution is 7.90. The summed E-state index contributed by atoms with van der Waals surface area (Å²) in [6.45, 7) is 6.50. The molecule has 0 bridgehead atoms. The Morgan fingerprint density at radius 3 is 2.21 bits per heavy atom. The van der Waals surface area contributed by atoms with Crippen molar-refractivity contribution in [1.82, 2.24) is 5.32 Å². The van der Waals surface area contributed by atoms with Gasteiger partial charge in [-0.3, -0.25) is 0 Å². The Labute approximate surface area is 116 Å². The van der Waals surface area contributed by atoms with E-state index in [-0.39, 0.29) is 17.9 Å². The van der Waals surface area contributed by atoms with Crippen LogP contribution in [0.25, 0.3) is 0 Å². The van der Waals surface area contributed by atoms with Gasteiger partial charge in [0.2, 0.25) is 0 Å². The molecule has 0 heterocycles. The zero-order valence-corrected chi connectivity index (χ0v) is 12.8. The van der Waals surface area contributed by atoms with Gasteiger partial charge >= 0.3 is 0 Å².